The molecule has 0 bridgehead atoms. The first-order chi connectivity index (χ1) is 4.74. The Bertz CT molecular complexity index is 245. The first-order valence-electron chi connectivity index (χ1n) is 2.77. The summed E-state index contributed by atoms with van der Waals surface area (Å²) < 4.78 is 3.79. The minimum Gasteiger partial charge on any atom is -0.324 e. The van der Waals surface area contributed by atoms with E-state index in [-0.39, 0.29) is 18.2 Å². The number of aromatic nitrogens is 2. The summed E-state index contributed by atoms with van der Waals surface area (Å²) in [4.78, 5) is 14.6. The zero-order valence-electron chi connectivity index (χ0n) is 5.50. The van der Waals surface area contributed by atoms with Gasteiger partial charge in [-0.25, -0.2) is 4.98 Å². The van der Waals surface area contributed by atoms with Crippen molar-refractivity contribution in [2.45, 2.75) is 6.92 Å². The highest BCUT2D eigenvalue weighted by Gasteiger charge is 2.07. The molecule has 0 aromatic carbocycles. The van der Waals surface area contributed by atoms with Crippen LogP contribution in [0.1, 0.15) is 15.6 Å². The maximum Gasteiger partial charge on any atom is 0.214 e. The lowest BCUT2D eigenvalue weighted by atomic mass is 10.4. The third kappa shape index (κ3) is 1.37. The molecule has 0 aliphatic heterocycles. The number of aryl methyl sites for hydroxylation is 1. The molecule has 0 fully saturated rings. The van der Waals surface area contributed by atoms with Gasteiger partial charge in [-0.3, -0.25) is 4.79 Å². The van der Waals surface area contributed by atoms with Crippen LogP contribution in [-0.4, -0.2) is 21.7 Å². The Morgan fingerprint density at radius 2 is 2.50 bits per heavy atom. The van der Waals surface area contributed by atoms with Crippen LogP contribution >= 0.6 is 11.5 Å². The monoisotopic (exact) mass is 157 g/mol. The molecule has 0 spiro atoms. The van der Waals surface area contributed by atoms with Crippen molar-refractivity contribution in [3.63, 3.8) is 0 Å². The van der Waals surface area contributed by atoms with Crippen LogP contribution in [0.5, 0.6) is 0 Å². The summed E-state index contributed by atoms with van der Waals surface area (Å²) >= 11 is 1.21. The van der Waals surface area contributed by atoms with E-state index in [4.69, 9.17) is 5.73 Å². The largest absolute Gasteiger partial charge is 0.324 e. The molecule has 5 heteroatoms. The molecule has 0 amide bonds. The van der Waals surface area contributed by atoms with E-state index in [1.54, 1.807) is 6.92 Å². The number of hydrogen-bond donors (Lipinski definition) is 1. The second-order valence-corrected chi connectivity index (χ2v) is 2.72. The van der Waals surface area contributed by atoms with E-state index in [0.717, 1.165) is 5.01 Å². The Labute approximate surface area is 62.2 Å². The van der Waals surface area contributed by atoms with Gasteiger partial charge in [-0.15, -0.1) is 0 Å². The quantitative estimate of drug-likeness (QED) is 0.613. The smallest absolute Gasteiger partial charge is 0.214 e. The normalized spacial score (nSPS) is 9.80. The number of ketones is 1. The van der Waals surface area contributed by atoms with Crippen molar-refractivity contribution < 1.29 is 4.79 Å². The fraction of sp³-hybridized carbons (Fsp3) is 0.400. The molecule has 0 saturated heterocycles. The van der Waals surface area contributed by atoms with Gasteiger partial charge < -0.3 is 5.73 Å². The third-order valence-corrected chi connectivity index (χ3v) is 1.58. The minimum absolute atomic E-state index is 0.0177. The number of Topliss-reactive ketones (excluding diaryl/α,β-unsaturated/α-hetero) is 1. The van der Waals surface area contributed by atoms with Crippen LogP contribution in [0.4, 0.5) is 0 Å². The van der Waals surface area contributed by atoms with Gasteiger partial charge in [0.05, 0.1) is 6.54 Å². The molecule has 0 atom stereocenters. The van der Waals surface area contributed by atoms with E-state index in [1.807, 2.05) is 0 Å². The molecule has 1 aromatic heterocycles. The fourth-order valence-corrected chi connectivity index (χ4v) is 0.992. The lowest BCUT2D eigenvalue weighted by molar-refractivity contribution is 0.0993. The number of nitrogens with zero attached hydrogens (tertiary/aromatic N) is 2. The van der Waals surface area contributed by atoms with Crippen LogP contribution in [-0.2, 0) is 0 Å². The Hall–Kier alpha value is -0.810. The second kappa shape index (κ2) is 2.85. The first kappa shape index (κ1) is 7.30. The van der Waals surface area contributed by atoms with E-state index in [9.17, 15) is 4.79 Å². The van der Waals surface area contributed by atoms with E-state index < -0.39 is 0 Å². The van der Waals surface area contributed by atoms with Crippen LogP contribution in [0.2, 0.25) is 0 Å². The van der Waals surface area contributed by atoms with Crippen LogP contribution in [0, 0.1) is 6.92 Å². The molecule has 0 saturated carbocycles. The summed E-state index contributed by atoms with van der Waals surface area (Å²) in [7, 11) is 0. The first-order valence-corrected chi connectivity index (χ1v) is 3.55. The zero-order chi connectivity index (χ0) is 7.56. The zero-order valence-corrected chi connectivity index (χ0v) is 6.31. The van der Waals surface area contributed by atoms with Crippen molar-refractivity contribution in [2.24, 2.45) is 5.73 Å². The summed E-state index contributed by atoms with van der Waals surface area (Å²) in [6.45, 7) is 1.78. The lowest BCUT2D eigenvalue weighted by Crippen LogP contribution is -2.14. The average molecular weight is 157 g/mol. The van der Waals surface area contributed by atoms with Crippen LogP contribution < -0.4 is 5.73 Å². The number of carbonyl (C=O) groups is 1. The van der Waals surface area contributed by atoms with Gasteiger partial charge in [0.25, 0.3) is 0 Å². The SMILES string of the molecule is Cc1nc(C(=O)CN)ns1. The van der Waals surface area contributed by atoms with Crippen molar-refractivity contribution >= 4 is 17.3 Å². The van der Waals surface area contributed by atoms with Gasteiger partial charge >= 0.3 is 0 Å². The predicted molar refractivity (Wildman–Crippen MR) is 38.0 cm³/mol. The topological polar surface area (TPSA) is 68.9 Å². The molecule has 4 nitrogen and oxygen atoms in total. The van der Waals surface area contributed by atoms with Crippen molar-refractivity contribution in [3.05, 3.63) is 10.8 Å². The van der Waals surface area contributed by atoms with Gasteiger partial charge in [-0.2, -0.15) is 4.37 Å². The minimum atomic E-state index is -0.204. The highest BCUT2D eigenvalue weighted by Crippen LogP contribution is 2.01. The maximum absolute atomic E-state index is 10.8. The molecule has 0 unspecified atom stereocenters. The molecule has 0 aliphatic carbocycles. The molecule has 0 aliphatic rings. The predicted octanol–water partition coefficient (Wildman–Crippen LogP) is -0.0121. The second-order valence-electron chi connectivity index (χ2n) is 1.76. The third-order valence-electron chi connectivity index (χ3n) is 0.962. The van der Waals surface area contributed by atoms with Gasteiger partial charge in [-0.05, 0) is 18.5 Å². The Morgan fingerprint density at radius 3 is 2.90 bits per heavy atom. The van der Waals surface area contributed by atoms with Gasteiger partial charge in [0.1, 0.15) is 5.01 Å². The van der Waals surface area contributed by atoms with E-state index >= 15 is 0 Å². The summed E-state index contributed by atoms with van der Waals surface area (Å²) in [5.41, 5.74) is 5.09. The lowest BCUT2D eigenvalue weighted by Gasteiger charge is -1.84. The average Bonchev–Trinajstić information content (AvgIpc) is 2.34. The van der Waals surface area contributed by atoms with Crippen molar-refractivity contribution in [3.8, 4) is 0 Å². The highest BCUT2D eigenvalue weighted by atomic mass is 32.1. The Morgan fingerprint density at radius 1 is 1.80 bits per heavy atom. The number of nitrogens with two attached hydrogens (primary N) is 1. The molecule has 1 heterocycles. The van der Waals surface area contributed by atoms with E-state index in [0.29, 0.717) is 0 Å². The molecule has 0 radical (unpaired) electrons. The van der Waals surface area contributed by atoms with Crippen LogP contribution in [0.25, 0.3) is 0 Å². The highest BCUT2D eigenvalue weighted by molar-refractivity contribution is 7.05. The summed E-state index contributed by atoms with van der Waals surface area (Å²) in [6, 6.07) is 0. The number of hydrogen-bond acceptors (Lipinski definition) is 5. The Kier molecular flexibility index (Phi) is 2.08. The number of rotatable bonds is 2. The van der Waals surface area contributed by atoms with E-state index in [1.165, 1.54) is 11.5 Å². The van der Waals surface area contributed by atoms with E-state index in [2.05, 4.69) is 9.36 Å². The summed E-state index contributed by atoms with van der Waals surface area (Å²) in [5.74, 6) is 0.0364. The number of carbonyl (C=O) groups excluding carboxylic acids is 1. The van der Waals surface area contributed by atoms with Crippen LogP contribution in [0.15, 0.2) is 0 Å². The fourth-order valence-electron chi connectivity index (χ4n) is 0.504. The van der Waals surface area contributed by atoms with Crippen molar-refractivity contribution in [2.75, 3.05) is 6.54 Å². The molecule has 1 aromatic rings. The van der Waals surface area contributed by atoms with Gasteiger partial charge in [0.2, 0.25) is 11.6 Å². The Balaban J connectivity index is 2.85. The van der Waals surface area contributed by atoms with Gasteiger partial charge in [-0.1, -0.05) is 0 Å². The molecule has 2 N–H and O–H groups in total. The van der Waals surface area contributed by atoms with Crippen LogP contribution in [0.3, 0.4) is 0 Å². The van der Waals surface area contributed by atoms with Gasteiger partial charge in [0, 0.05) is 0 Å². The molecule has 10 heavy (non-hydrogen) atoms. The molecule has 54 valence electrons. The molecule has 1 rings (SSSR count). The standard InChI is InChI=1S/C5H7N3OS/c1-3-7-5(8-10-3)4(9)2-6/h2,6H2,1H3. The van der Waals surface area contributed by atoms with Gasteiger partial charge in [0.15, 0.2) is 0 Å². The molecular weight excluding hydrogens is 150 g/mol. The van der Waals surface area contributed by atoms with Crippen molar-refractivity contribution in [1.29, 1.82) is 0 Å². The van der Waals surface area contributed by atoms with Crippen molar-refractivity contribution in [1.82, 2.24) is 9.36 Å². The summed E-state index contributed by atoms with van der Waals surface area (Å²) in [6.07, 6.45) is 0. The summed E-state index contributed by atoms with van der Waals surface area (Å²) in [5, 5.41) is 0.789. The molecular formula is C5H7N3OS. The maximum atomic E-state index is 10.8.